The molecule has 3 rings (SSSR count). The Morgan fingerprint density at radius 3 is 2.40 bits per heavy atom. The lowest BCUT2D eigenvalue weighted by molar-refractivity contribution is -0.165. The number of piperidine rings is 1. The molecule has 0 spiro atoms. The van der Waals surface area contributed by atoms with Gasteiger partial charge in [0.1, 0.15) is 5.60 Å². The van der Waals surface area contributed by atoms with E-state index in [9.17, 15) is 4.79 Å². The van der Waals surface area contributed by atoms with Crippen LogP contribution in [0.4, 0.5) is 0 Å². The standard InChI is InChI=1S/C22H33NO2/c1-17(2)22(18(3)24)12-9-21(16-25-22)23-13-10-20(11-14-23)15-19-7-5-4-6-8-19/h4-8,17,20-21H,9-16H2,1-3H3/t21?,22-/m0/s1. The summed E-state index contributed by atoms with van der Waals surface area (Å²) in [7, 11) is 0. The van der Waals surface area contributed by atoms with Crippen molar-refractivity contribution in [1.82, 2.24) is 4.90 Å². The summed E-state index contributed by atoms with van der Waals surface area (Å²) in [4.78, 5) is 14.7. The van der Waals surface area contributed by atoms with Gasteiger partial charge in [-0.25, -0.2) is 0 Å². The molecular formula is C22H33NO2. The van der Waals surface area contributed by atoms with Crippen molar-refractivity contribution in [3.05, 3.63) is 35.9 Å². The van der Waals surface area contributed by atoms with Crippen LogP contribution in [0.2, 0.25) is 0 Å². The first-order valence-electron chi connectivity index (χ1n) is 9.94. The minimum atomic E-state index is -0.540. The molecule has 3 nitrogen and oxygen atoms in total. The lowest BCUT2D eigenvalue weighted by atomic mass is 9.79. The molecule has 1 aromatic rings. The summed E-state index contributed by atoms with van der Waals surface area (Å²) in [5.41, 5.74) is 0.924. The number of rotatable bonds is 5. The van der Waals surface area contributed by atoms with Crippen LogP contribution in [0.3, 0.4) is 0 Å². The molecule has 2 aliphatic rings. The van der Waals surface area contributed by atoms with Gasteiger partial charge in [-0.15, -0.1) is 0 Å². The predicted molar refractivity (Wildman–Crippen MR) is 102 cm³/mol. The number of nitrogens with zero attached hydrogens (tertiary/aromatic N) is 1. The molecule has 25 heavy (non-hydrogen) atoms. The zero-order valence-electron chi connectivity index (χ0n) is 16.0. The van der Waals surface area contributed by atoms with Gasteiger partial charge in [-0.1, -0.05) is 44.2 Å². The molecule has 2 saturated heterocycles. The molecule has 0 N–H and O–H groups in total. The van der Waals surface area contributed by atoms with Crippen molar-refractivity contribution in [1.29, 1.82) is 0 Å². The highest BCUT2D eigenvalue weighted by Gasteiger charge is 2.44. The second-order valence-electron chi connectivity index (χ2n) is 8.27. The first kappa shape index (κ1) is 18.6. The molecule has 0 amide bonds. The first-order chi connectivity index (χ1) is 12.0. The van der Waals surface area contributed by atoms with E-state index in [1.807, 2.05) is 0 Å². The van der Waals surface area contributed by atoms with Gasteiger partial charge in [-0.3, -0.25) is 9.69 Å². The Hall–Kier alpha value is -1.19. The lowest BCUT2D eigenvalue weighted by Gasteiger charge is -2.46. The van der Waals surface area contributed by atoms with Crippen LogP contribution in [0.25, 0.3) is 0 Å². The van der Waals surface area contributed by atoms with Gasteiger partial charge in [0.05, 0.1) is 6.61 Å². The van der Waals surface area contributed by atoms with Gasteiger partial charge in [0.15, 0.2) is 5.78 Å². The van der Waals surface area contributed by atoms with Crippen molar-refractivity contribution in [2.24, 2.45) is 11.8 Å². The largest absolute Gasteiger partial charge is 0.365 e. The molecule has 0 radical (unpaired) electrons. The average Bonchev–Trinajstić information content (AvgIpc) is 2.63. The Balaban J connectivity index is 1.49. The number of hydrogen-bond donors (Lipinski definition) is 0. The Morgan fingerprint density at radius 1 is 1.20 bits per heavy atom. The maximum atomic E-state index is 12.1. The van der Waals surface area contributed by atoms with E-state index in [2.05, 4.69) is 49.1 Å². The van der Waals surface area contributed by atoms with E-state index in [-0.39, 0.29) is 11.7 Å². The van der Waals surface area contributed by atoms with E-state index in [0.29, 0.717) is 12.6 Å². The quantitative estimate of drug-likeness (QED) is 0.806. The molecule has 1 unspecified atom stereocenters. The highest BCUT2D eigenvalue weighted by Crippen LogP contribution is 2.35. The molecule has 0 saturated carbocycles. The van der Waals surface area contributed by atoms with Gasteiger partial charge in [-0.2, -0.15) is 0 Å². The van der Waals surface area contributed by atoms with Gasteiger partial charge < -0.3 is 4.74 Å². The van der Waals surface area contributed by atoms with Crippen molar-refractivity contribution in [3.63, 3.8) is 0 Å². The van der Waals surface area contributed by atoms with Crippen molar-refractivity contribution < 1.29 is 9.53 Å². The smallest absolute Gasteiger partial charge is 0.161 e. The van der Waals surface area contributed by atoms with Gasteiger partial charge in [-0.05, 0) is 69.5 Å². The zero-order valence-corrected chi connectivity index (χ0v) is 16.0. The molecule has 0 aromatic heterocycles. The Morgan fingerprint density at radius 2 is 1.88 bits per heavy atom. The SMILES string of the molecule is CC(=O)[C@@]1(C(C)C)CCC(N2CCC(Cc3ccccc3)CC2)CO1. The summed E-state index contributed by atoms with van der Waals surface area (Å²) >= 11 is 0. The fourth-order valence-electron chi connectivity index (χ4n) is 4.68. The van der Waals surface area contributed by atoms with Gasteiger partial charge in [0, 0.05) is 6.04 Å². The van der Waals surface area contributed by atoms with E-state index in [1.54, 1.807) is 6.92 Å². The Kier molecular flexibility index (Phi) is 5.96. The monoisotopic (exact) mass is 343 g/mol. The number of ketones is 1. The number of likely N-dealkylation sites (tertiary alicyclic amines) is 1. The zero-order chi connectivity index (χ0) is 17.9. The number of Topliss-reactive ketones (excluding diaryl/α,β-unsaturated/α-hetero) is 1. The fraction of sp³-hybridized carbons (Fsp3) is 0.682. The highest BCUT2D eigenvalue weighted by atomic mass is 16.5. The Bertz CT molecular complexity index is 553. The van der Waals surface area contributed by atoms with Crippen LogP contribution < -0.4 is 0 Å². The molecule has 2 heterocycles. The molecule has 138 valence electrons. The summed E-state index contributed by atoms with van der Waals surface area (Å²) < 4.78 is 6.19. The summed E-state index contributed by atoms with van der Waals surface area (Å²) in [6.07, 6.45) is 5.70. The number of hydrogen-bond acceptors (Lipinski definition) is 3. The van der Waals surface area contributed by atoms with Crippen molar-refractivity contribution in [2.75, 3.05) is 19.7 Å². The van der Waals surface area contributed by atoms with E-state index < -0.39 is 5.60 Å². The molecule has 1 aromatic carbocycles. The highest BCUT2D eigenvalue weighted by molar-refractivity contribution is 5.85. The van der Waals surface area contributed by atoms with Crippen molar-refractivity contribution >= 4 is 5.78 Å². The van der Waals surface area contributed by atoms with Crippen molar-refractivity contribution in [2.45, 2.75) is 64.5 Å². The van der Waals surface area contributed by atoms with Gasteiger partial charge in [0.25, 0.3) is 0 Å². The maximum absolute atomic E-state index is 12.1. The van der Waals surface area contributed by atoms with Crippen LogP contribution in [0.15, 0.2) is 30.3 Å². The van der Waals surface area contributed by atoms with Crippen LogP contribution in [-0.2, 0) is 16.0 Å². The number of carbonyl (C=O) groups excluding carboxylic acids is 1. The van der Waals surface area contributed by atoms with E-state index >= 15 is 0 Å². The summed E-state index contributed by atoms with van der Waals surface area (Å²) in [6.45, 7) is 8.95. The first-order valence-corrected chi connectivity index (χ1v) is 9.94. The van der Waals surface area contributed by atoms with Crippen LogP contribution >= 0.6 is 0 Å². The van der Waals surface area contributed by atoms with Crippen molar-refractivity contribution in [3.8, 4) is 0 Å². The molecule has 0 bridgehead atoms. The number of carbonyl (C=O) groups is 1. The second-order valence-corrected chi connectivity index (χ2v) is 8.27. The summed E-state index contributed by atoms with van der Waals surface area (Å²) in [6, 6.07) is 11.3. The summed E-state index contributed by atoms with van der Waals surface area (Å²) in [5.74, 6) is 1.25. The minimum Gasteiger partial charge on any atom is -0.365 e. The van der Waals surface area contributed by atoms with E-state index in [0.717, 1.165) is 18.8 Å². The van der Waals surface area contributed by atoms with Gasteiger partial charge in [0.2, 0.25) is 0 Å². The topological polar surface area (TPSA) is 29.5 Å². The lowest BCUT2D eigenvalue weighted by Crippen LogP contribution is -2.55. The third-order valence-electron chi connectivity index (χ3n) is 6.44. The molecule has 2 atom stereocenters. The predicted octanol–water partition coefficient (Wildman–Crippen LogP) is 4.10. The molecule has 2 aliphatic heterocycles. The summed E-state index contributed by atoms with van der Waals surface area (Å²) in [5, 5.41) is 0. The van der Waals surface area contributed by atoms with Crippen LogP contribution in [0.1, 0.15) is 52.0 Å². The normalized spacial score (nSPS) is 29.0. The Labute approximate surface area is 152 Å². The molecule has 2 fully saturated rings. The molecule has 0 aliphatic carbocycles. The maximum Gasteiger partial charge on any atom is 0.161 e. The molecular weight excluding hydrogens is 310 g/mol. The fourth-order valence-corrected chi connectivity index (χ4v) is 4.68. The van der Waals surface area contributed by atoms with Crippen LogP contribution in [-0.4, -0.2) is 42.0 Å². The third kappa shape index (κ3) is 4.15. The van der Waals surface area contributed by atoms with E-state index in [4.69, 9.17) is 4.74 Å². The van der Waals surface area contributed by atoms with Crippen LogP contribution in [0, 0.1) is 11.8 Å². The average molecular weight is 344 g/mol. The minimum absolute atomic E-state index is 0.197. The second kappa shape index (κ2) is 8.01. The molecule has 3 heteroatoms. The van der Waals surface area contributed by atoms with E-state index in [1.165, 1.54) is 37.9 Å². The number of ether oxygens (including phenoxy) is 1. The van der Waals surface area contributed by atoms with Crippen LogP contribution in [0.5, 0.6) is 0 Å². The third-order valence-corrected chi connectivity index (χ3v) is 6.44. The number of benzene rings is 1. The van der Waals surface area contributed by atoms with Gasteiger partial charge >= 0.3 is 0 Å².